The first-order chi connectivity index (χ1) is 16.3. The van der Waals surface area contributed by atoms with Crippen molar-refractivity contribution in [3.05, 3.63) is 81.0 Å². The van der Waals surface area contributed by atoms with Gasteiger partial charge in [0.15, 0.2) is 11.2 Å². The monoisotopic (exact) mass is 464 g/mol. The van der Waals surface area contributed by atoms with Crippen LogP contribution in [0.4, 0.5) is 5.95 Å². The Hall–Kier alpha value is -4.38. The summed E-state index contributed by atoms with van der Waals surface area (Å²) in [6, 6.07) is 15.5. The molecule has 4 rings (SSSR count). The molecule has 4 aromatic rings. The quantitative estimate of drug-likeness (QED) is 0.262. The minimum absolute atomic E-state index is 0.0260. The van der Waals surface area contributed by atoms with Crippen LogP contribution in [0.15, 0.2) is 69.3 Å². The number of nitrogens with zero attached hydrogens (tertiary/aromatic N) is 5. The van der Waals surface area contributed by atoms with E-state index >= 15 is 0 Å². The van der Waals surface area contributed by atoms with Gasteiger partial charge in [-0.05, 0) is 29.8 Å². The summed E-state index contributed by atoms with van der Waals surface area (Å²) in [5, 5.41) is 24.4. The molecule has 0 radical (unpaired) electrons. The van der Waals surface area contributed by atoms with Gasteiger partial charge in [0.2, 0.25) is 5.95 Å². The van der Waals surface area contributed by atoms with E-state index in [2.05, 4.69) is 15.5 Å². The number of hydrazone groups is 1. The molecule has 0 aliphatic heterocycles. The lowest BCUT2D eigenvalue weighted by atomic mass is 10.2. The van der Waals surface area contributed by atoms with Gasteiger partial charge in [-0.1, -0.05) is 30.3 Å². The van der Waals surface area contributed by atoms with Crippen LogP contribution in [0.5, 0.6) is 11.5 Å². The molecule has 1 unspecified atom stereocenters. The molecule has 11 nitrogen and oxygen atoms in total. The summed E-state index contributed by atoms with van der Waals surface area (Å²) in [5.74, 6) is 0.851. The minimum atomic E-state index is -0.991. The summed E-state index contributed by atoms with van der Waals surface area (Å²) in [6.07, 6.45) is 0.477. The van der Waals surface area contributed by atoms with E-state index in [1.54, 1.807) is 30.3 Å². The lowest BCUT2D eigenvalue weighted by molar-refractivity contribution is 0.0938. The zero-order chi connectivity index (χ0) is 24.2. The molecule has 2 aromatic carbocycles. The highest BCUT2D eigenvalue weighted by Gasteiger charge is 2.21. The second-order valence-corrected chi connectivity index (χ2v) is 7.67. The highest BCUT2D eigenvalue weighted by molar-refractivity contribution is 5.81. The molecule has 0 spiro atoms. The molecule has 176 valence electrons. The number of para-hydroxylation sites is 1. The first-order valence-electron chi connectivity index (χ1n) is 10.5. The molecular weight excluding hydrogens is 440 g/mol. The number of benzene rings is 2. The number of ether oxygens (including phenoxy) is 1. The van der Waals surface area contributed by atoms with Crippen LogP contribution >= 0.6 is 0 Å². The number of anilines is 1. The number of phenolic OH excluding ortho intramolecular Hbond substituents is 1. The van der Waals surface area contributed by atoms with E-state index in [0.717, 1.165) is 4.57 Å². The fraction of sp³-hybridized carbons (Fsp3) is 0.217. The predicted molar refractivity (Wildman–Crippen MR) is 127 cm³/mol. The highest BCUT2D eigenvalue weighted by atomic mass is 16.5. The van der Waals surface area contributed by atoms with Crippen LogP contribution in [0.2, 0.25) is 0 Å². The van der Waals surface area contributed by atoms with Crippen molar-refractivity contribution in [3.63, 3.8) is 0 Å². The van der Waals surface area contributed by atoms with E-state index in [1.807, 2.05) is 18.2 Å². The fourth-order valence-electron chi connectivity index (χ4n) is 3.45. The van der Waals surface area contributed by atoms with Gasteiger partial charge in [0.05, 0.1) is 12.8 Å². The van der Waals surface area contributed by atoms with Crippen LogP contribution in [0.25, 0.3) is 11.2 Å². The molecule has 0 amide bonds. The first kappa shape index (κ1) is 22.8. The van der Waals surface area contributed by atoms with Crippen LogP contribution in [-0.4, -0.2) is 47.8 Å². The maximum atomic E-state index is 12.9. The van der Waals surface area contributed by atoms with Gasteiger partial charge in [-0.15, -0.1) is 0 Å². The minimum Gasteiger partial charge on any atom is -0.508 e. The second-order valence-electron chi connectivity index (χ2n) is 7.67. The van der Waals surface area contributed by atoms with Crippen LogP contribution < -0.4 is 21.4 Å². The number of aryl methyl sites for hydroxylation is 1. The average Bonchev–Trinajstić information content (AvgIpc) is 3.19. The smallest absolute Gasteiger partial charge is 0.332 e. The molecule has 1 atom stereocenters. The van der Waals surface area contributed by atoms with Crippen molar-refractivity contribution >= 4 is 23.3 Å². The normalized spacial score (nSPS) is 12.3. The molecular formula is C23H24N6O5. The van der Waals surface area contributed by atoms with Gasteiger partial charge in [-0.2, -0.15) is 10.1 Å². The fourth-order valence-corrected chi connectivity index (χ4v) is 3.45. The summed E-state index contributed by atoms with van der Waals surface area (Å²) in [6.45, 7) is -0.0669. The Morgan fingerprint density at radius 1 is 1.12 bits per heavy atom. The highest BCUT2D eigenvalue weighted by Crippen LogP contribution is 2.17. The van der Waals surface area contributed by atoms with Crippen molar-refractivity contribution in [2.24, 2.45) is 19.2 Å². The number of aromatic nitrogens is 4. The van der Waals surface area contributed by atoms with Gasteiger partial charge < -0.3 is 19.5 Å². The number of aliphatic hydroxyl groups excluding tert-OH is 1. The Morgan fingerprint density at radius 3 is 2.62 bits per heavy atom. The third-order valence-electron chi connectivity index (χ3n) is 5.18. The number of aromatic hydroxyl groups is 1. The zero-order valence-corrected chi connectivity index (χ0v) is 18.6. The topological polar surface area (TPSA) is 136 Å². The Labute approximate surface area is 193 Å². The van der Waals surface area contributed by atoms with E-state index in [-0.39, 0.29) is 36.0 Å². The Kier molecular flexibility index (Phi) is 6.46. The number of phenols is 1. The number of hydrogen-bond donors (Lipinski definition) is 3. The standard InChI is InChI=1S/C23H24N6O5/c1-27-20-19(21(32)28(2)23(27)33)29(13-17(31)14-34-18-9-4-3-5-10-18)22(25-20)26-24-12-15-7-6-8-16(30)11-15/h3-12,17,30-31H,13-14H2,1-2H3,(H,25,26). The number of imidazole rings is 1. The summed E-state index contributed by atoms with van der Waals surface area (Å²) in [4.78, 5) is 29.7. The van der Waals surface area contributed by atoms with Crippen molar-refractivity contribution in [1.29, 1.82) is 0 Å². The van der Waals surface area contributed by atoms with Gasteiger partial charge in [0.25, 0.3) is 5.56 Å². The van der Waals surface area contributed by atoms with Crippen molar-refractivity contribution < 1.29 is 14.9 Å². The number of hydrogen-bond acceptors (Lipinski definition) is 8. The lowest BCUT2D eigenvalue weighted by Gasteiger charge is -2.15. The summed E-state index contributed by atoms with van der Waals surface area (Å²) < 4.78 is 9.32. The molecule has 0 bridgehead atoms. The third kappa shape index (κ3) is 4.69. The summed E-state index contributed by atoms with van der Waals surface area (Å²) in [7, 11) is 2.89. The van der Waals surface area contributed by atoms with E-state index < -0.39 is 17.4 Å². The Bertz CT molecular complexity index is 1450. The molecule has 0 fully saturated rings. The summed E-state index contributed by atoms with van der Waals surface area (Å²) >= 11 is 0. The largest absolute Gasteiger partial charge is 0.508 e. The third-order valence-corrected chi connectivity index (χ3v) is 5.18. The van der Waals surface area contributed by atoms with Gasteiger partial charge in [0, 0.05) is 14.1 Å². The Balaban J connectivity index is 1.67. The molecule has 0 aliphatic carbocycles. The van der Waals surface area contributed by atoms with Crippen molar-refractivity contribution in [1.82, 2.24) is 18.7 Å². The number of rotatable bonds is 8. The van der Waals surface area contributed by atoms with E-state index in [9.17, 15) is 19.8 Å². The van der Waals surface area contributed by atoms with Gasteiger partial charge in [-0.25, -0.2) is 10.2 Å². The first-order valence-corrected chi connectivity index (χ1v) is 10.5. The molecule has 2 aromatic heterocycles. The molecule has 0 saturated carbocycles. The molecule has 11 heteroatoms. The van der Waals surface area contributed by atoms with Gasteiger partial charge in [-0.3, -0.25) is 13.9 Å². The lowest BCUT2D eigenvalue weighted by Crippen LogP contribution is -2.38. The molecule has 2 heterocycles. The van der Waals surface area contributed by atoms with Crippen molar-refractivity contribution in [3.8, 4) is 11.5 Å². The van der Waals surface area contributed by atoms with Crippen molar-refractivity contribution in [2.45, 2.75) is 12.6 Å². The van der Waals surface area contributed by atoms with Gasteiger partial charge >= 0.3 is 5.69 Å². The maximum Gasteiger partial charge on any atom is 0.332 e. The number of nitrogens with one attached hydrogen (secondary N) is 1. The van der Waals surface area contributed by atoms with Gasteiger partial charge in [0.1, 0.15) is 24.2 Å². The molecule has 0 saturated heterocycles. The predicted octanol–water partition coefficient (Wildman–Crippen LogP) is 1.03. The van der Waals surface area contributed by atoms with E-state index in [4.69, 9.17) is 4.74 Å². The number of aliphatic hydroxyl groups is 1. The van der Waals surface area contributed by atoms with Crippen molar-refractivity contribution in [2.75, 3.05) is 12.0 Å². The van der Waals surface area contributed by atoms with E-state index in [0.29, 0.717) is 11.3 Å². The van der Waals surface area contributed by atoms with Crippen LogP contribution in [0.3, 0.4) is 0 Å². The second kappa shape index (κ2) is 9.63. The SMILES string of the molecule is Cn1c(=O)c2c(nc(NN=Cc3cccc(O)c3)n2CC(O)COc2ccccc2)n(C)c1=O. The maximum absolute atomic E-state index is 12.9. The van der Waals surface area contributed by atoms with Crippen LogP contribution in [0.1, 0.15) is 5.56 Å². The number of fused-ring (bicyclic) bond motifs is 1. The zero-order valence-electron chi connectivity index (χ0n) is 18.6. The van der Waals surface area contributed by atoms with Crippen LogP contribution in [-0.2, 0) is 20.6 Å². The molecule has 34 heavy (non-hydrogen) atoms. The molecule has 3 N–H and O–H groups in total. The Morgan fingerprint density at radius 2 is 1.88 bits per heavy atom. The van der Waals surface area contributed by atoms with Crippen LogP contribution in [0, 0.1) is 0 Å². The van der Waals surface area contributed by atoms with E-state index in [1.165, 1.54) is 35.5 Å². The average molecular weight is 464 g/mol. The molecule has 0 aliphatic rings. The summed E-state index contributed by atoms with van der Waals surface area (Å²) in [5.41, 5.74) is 2.62.